The average Bonchev–Trinajstić information content (AvgIpc) is 3.54. The lowest BCUT2D eigenvalue weighted by Crippen LogP contribution is -2.54. The number of rotatable bonds is 6. The number of aromatic nitrogens is 2. The minimum Gasteiger partial charge on any atom is -0.493 e. The van der Waals surface area contributed by atoms with Crippen LogP contribution in [0.3, 0.4) is 0 Å². The molecule has 3 heterocycles. The fraction of sp³-hybridized carbons (Fsp3) is 0.485. The van der Waals surface area contributed by atoms with Gasteiger partial charge in [-0.1, -0.05) is 42.3 Å². The van der Waals surface area contributed by atoms with E-state index in [1.54, 1.807) is 35.4 Å². The summed E-state index contributed by atoms with van der Waals surface area (Å²) in [7, 11) is -3.93. The Labute approximate surface area is 260 Å². The summed E-state index contributed by atoms with van der Waals surface area (Å²) in [5, 5.41) is 3.17. The summed E-state index contributed by atoms with van der Waals surface area (Å²) < 4.78 is 35.2. The number of hydrogen-bond acceptors (Lipinski definition) is 6. The van der Waals surface area contributed by atoms with Crippen molar-refractivity contribution in [1.82, 2.24) is 24.9 Å². The Bertz CT molecular complexity index is 1500. The van der Waals surface area contributed by atoms with Crippen LogP contribution in [0.15, 0.2) is 66.0 Å². The van der Waals surface area contributed by atoms with Crippen LogP contribution in [0.25, 0.3) is 0 Å². The summed E-state index contributed by atoms with van der Waals surface area (Å²) in [6.07, 6.45) is 9.67. The maximum absolute atomic E-state index is 13.9. The quantitative estimate of drug-likeness (QED) is 0.382. The van der Waals surface area contributed by atoms with E-state index in [9.17, 15) is 18.0 Å². The van der Waals surface area contributed by atoms with Gasteiger partial charge in [0.2, 0.25) is 21.8 Å². The topological polar surface area (TPSA) is 133 Å². The standard InChI is InChI=1S/C33H43N5O5S/c1-25-11-13-28(14-12-25)44(41,42)37-29(21-27-22-34-24-36-27)32(40)38-18-16-33(17-19-38)15-5-4-8-26-7-2-3-9-30(26)43-20-6-10-31(39)35-23-33/h2-3,7,9,11-14,22,24,29,37H,4-6,8,10,15-21,23H2,1H3,(H,34,36)(H,35,39). The lowest BCUT2D eigenvalue weighted by Gasteiger charge is -2.43. The van der Waals surface area contributed by atoms with Gasteiger partial charge in [0.15, 0.2) is 0 Å². The maximum Gasteiger partial charge on any atom is 0.241 e. The number of carbonyl (C=O) groups is 2. The molecular weight excluding hydrogens is 578 g/mol. The van der Waals surface area contributed by atoms with Crippen molar-refractivity contribution < 1.29 is 22.7 Å². The van der Waals surface area contributed by atoms with Crippen molar-refractivity contribution in [2.24, 2.45) is 5.41 Å². The number of sulfonamides is 1. The zero-order valence-electron chi connectivity index (χ0n) is 25.4. The molecule has 0 bridgehead atoms. The number of likely N-dealkylation sites (tertiary alicyclic amines) is 1. The Kier molecular flexibility index (Phi) is 10.4. The smallest absolute Gasteiger partial charge is 0.241 e. The van der Waals surface area contributed by atoms with Gasteiger partial charge in [0.05, 0.1) is 17.8 Å². The second-order valence-electron chi connectivity index (χ2n) is 12.1. The summed E-state index contributed by atoms with van der Waals surface area (Å²) in [5.74, 6) is 0.655. The van der Waals surface area contributed by atoms with Crippen LogP contribution in [0.5, 0.6) is 5.75 Å². The van der Waals surface area contributed by atoms with Crippen LogP contribution < -0.4 is 14.8 Å². The number of nitrogens with one attached hydrogen (secondary N) is 3. The second kappa shape index (κ2) is 14.4. The van der Waals surface area contributed by atoms with Crippen LogP contribution in [-0.2, 0) is 32.5 Å². The van der Waals surface area contributed by atoms with Gasteiger partial charge in [-0.25, -0.2) is 13.4 Å². The van der Waals surface area contributed by atoms with E-state index < -0.39 is 16.1 Å². The van der Waals surface area contributed by atoms with Gasteiger partial charge in [-0.05, 0) is 74.6 Å². The van der Waals surface area contributed by atoms with Crippen molar-refractivity contribution in [3.8, 4) is 5.75 Å². The molecule has 2 aliphatic heterocycles. The summed E-state index contributed by atoms with van der Waals surface area (Å²) in [5.41, 5.74) is 2.69. The molecule has 1 spiro atoms. The highest BCUT2D eigenvalue weighted by molar-refractivity contribution is 7.89. The van der Waals surface area contributed by atoms with Crippen LogP contribution >= 0.6 is 0 Å². The van der Waals surface area contributed by atoms with Gasteiger partial charge in [0.1, 0.15) is 11.8 Å². The number of H-pyrrole nitrogens is 1. The number of amides is 2. The normalized spacial score (nSPS) is 18.8. The number of aromatic amines is 1. The monoisotopic (exact) mass is 621 g/mol. The third-order valence-electron chi connectivity index (χ3n) is 8.88. The summed E-state index contributed by atoms with van der Waals surface area (Å²) in [6, 6.07) is 13.7. The van der Waals surface area contributed by atoms with E-state index >= 15 is 0 Å². The molecule has 0 saturated carbocycles. The minimum absolute atomic E-state index is 0.0157. The zero-order chi connectivity index (χ0) is 31.0. The molecule has 0 radical (unpaired) electrons. The van der Waals surface area contributed by atoms with Crippen molar-refractivity contribution >= 4 is 21.8 Å². The van der Waals surface area contributed by atoms with Gasteiger partial charge in [-0.15, -0.1) is 0 Å². The number of nitrogens with zero attached hydrogens (tertiary/aromatic N) is 2. The molecule has 44 heavy (non-hydrogen) atoms. The first kappa shape index (κ1) is 31.7. The SMILES string of the molecule is Cc1ccc(S(=O)(=O)NC(Cc2cnc[nH]2)C(=O)N2CCC3(CCCCc4ccccc4OCCCC(=O)NC3)CC2)cc1. The fourth-order valence-corrected chi connectivity index (χ4v) is 7.35. The van der Waals surface area contributed by atoms with Crippen molar-refractivity contribution in [2.75, 3.05) is 26.2 Å². The van der Waals surface area contributed by atoms with Crippen molar-refractivity contribution in [3.63, 3.8) is 0 Å². The molecule has 2 amide bonds. The molecule has 1 saturated heterocycles. The predicted octanol–water partition coefficient (Wildman–Crippen LogP) is 3.92. The molecule has 3 N–H and O–H groups in total. The molecule has 10 nitrogen and oxygen atoms in total. The highest BCUT2D eigenvalue weighted by atomic mass is 32.2. The van der Waals surface area contributed by atoms with Crippen LogP contribution in [0.1, 0.15) is 61.8 Å². The molecule has 11 heteroatoms. The second-order valence-corrected chi connectivity index (χ2v) is 13.9. The minimum atomic E-state index is -3.93. The van der Waals surface area contributed by atoms with E-state index in [-0.39, 0.29) is 28.5 Å². The van der Waals surface area contributed by atoms with E-state index in [2.05, 4.69) is 26.1 Å². The van der Waals surface area contributed by atoms with E-state index in [1.165, 1.54) is 11.9 Å². The number of para-hydroxylation sites is 1. The summed E-state index contributed by atoms with van der Waals surface area (Å²) in [4.78, 5) is 35.5. The molecule has 2 aliphatic rings. The maximum atomic E-state index is 13.9. The Morgan fingerprint density at radius 3 is 2.57 bits per heavy atom. The Balaban J connectivity index is 1.27. The van der Waals surface area contributed by atoms with Gasteiger partial charge in [-0.2, -0.15) is 4.72 Å². The summed E-state index contributed by atoms with van der Waals surface area (Å²) >= 11 is 0. The first-order valence-electron chi connectivity index (χ1n) is 15.6. The van der Waals surface area contributed by atoms with Gasteiger partial charge in [-0.3, -0.25) is 9.59 Å². The Morgan fingerprint density at radius 2 is 1.82 bits per heavy atom. The van der Waals surface area contributed by atoms with Crippen LogP contribution in [0.4, 0.5) is 0 Å². The zero-order valence-corrected chi connectivity index (χ0v) is 26.2. The Morgan fingerprint density at radius 1 is 1.05 bits per heavy atom. The first-order chi connectivity index (χ1) is 21.2. The van der Waals surface area contributed by atoms with E-state index in [1.807, 2.05) is 25.1 Å². The Hall–Kier alpha value is -3.70. The van der Waals surface area contributed by atoms with Gasteiger partial charge in [0, 0.05) is 44.4 Å². The van der Waals surface area contributed by atoms with Crippen LogP contribution in [0, 0.1) is 12.3 Å². The van der Waals surface area contributed by atoms with Gasteiger partial charge >= 0.3 is 0 Å². The molecule has 5 rings (SSSR count). The van der Waals surface area contributed by atoms with E-state index in [4.69, 9.17) is 4.74 Å². The van der Waals surface area contributed by atoms with Crippen molar-refractivity contribution in [2.45, 2.75) is 75.6 Å². The highest BCUT2D eigenvalue weighted by Gasteiger charge is 2.38. The molecule has 1 fully saturated rings. The molecule has 1 unspecified atom stereocenters. The third-order valence-corrected chi connectivity index (χ3v) is 10.4. The van der Waals surface area contributed by atoms with Crippen molar-refractivity contribution in [1.29, 1.82) is 0 Å². The molecule has 0 aliphatic carbocycles. The fourth-order valence-electron chi connectivity index (χ4n) is 6.16. The van der Waals surface area contributed by atoms with Gasteiger partial charge in [0.25, 0.3) is 0 Å². The molecular formula is C33H43N5O5S. The van der Waals surface area contributed by atoms with Gasteiger partial charge < -0.3 is 19.9 Å². The van der Waals surface area contributed by atoms with Crippen molar-refractivity contribution in [3.05, 3.63) is 77.9 Å². The van der Waals surface area contributed by atoms with E-state index in [0.29, 0.717) is 44.8 Å². The predicted molar refractivity (Wildman–Crippen MR) is 168 cm³/mol. The largest absolute Gasteiger partial charge is 0.493 e. The number of ether oxygens (including phenoxy) is 1. The van der Waals surface area contributed by atoms with Crippen LogP contribution in [0.2, 0.25) is 0 Å². The molecule has 1 atom stereocenters. The third kappa shape index (κ3) is 8.26. The number of aryl methyl sites for hydroxylation is 2. The molecule has 236 valence electrons. The highest BCUT2D eigenvalue weighted by Crippen LogP contribution is 2.37. The van der Waals surface area contributed by atoms with Crippen LogP contribution in [-0.4, -0.2) is 67.4 Å². The number of piperidine rings is 1. The molecule has 2 aromatic carbocycles. The number of carbonyl (C=O) groups excluding carboxylic acids is 2. The number of fused-ring (bicyclic) bond motifs is 1. The number of hydrogen-bond donors (Lipinski definition) is 3. The average molecular weight is 622 g/mol. The molecule has 1 aromatic heterocycles. The number of benzene rings is 2. The van der Waals surface area contributed by atoms with E-state index in [0.717, 1.165) is 49.8 Å². The lowest BCUT2D eigenvalue weighted by molar-refractivity contribution is -0.135. The number of imidazole rings is 1. The summed E-state index contributed by atoms with van der Waals surface area (Å²) in [6.45, 7) is 3.96. The lowest BCUT2D eigenvalue weighted by atomic mass is 9.74. The first-order valence-corrected chi connectivity index (χ1v) is 17.0. The molecule has 3 aromatic rings.